The van der Waals surface area contributed by atoms with Gasteiger partial charge in [0.2, 0.25) is 5.95 Å². The van der Waals surface area contributed by atoms with Crippen LogP contribution in [0.5, 0.6) is 0 Å². The summed E-state index contributed by atoms with van der Waals surface area (Å²) >= 11 is 0. The maximum atomic E-state index is 10.3. The molecule has 2 aromatic heterocycles. The fourth-order valence-electron chi connectivity index (χ4n) is 5.04. The number of nitrogens with zero attached hydrogens (tertiary/aromatic N) is 5. The SMILES string of the molecule is Cc1cc(N(C)CCN(C)C)c(N)cc1Nc1nccc(-c2c3n(c4ccccc24)CC(O)CC3)n1. The summed E-state index contributed by atoms with van der Waals surface area (Å²) in [5.74, 6) is 0.531. The topological polar surface area (TPSA) is 95.5 Å². The number of nitrogens with one attached hydrogen (secondary N) is 1. The molecule has 0 spiro atoms. The van der Waals surface area contributed by atoms with Gasteiger partial charge in [-0.3, -0.25) is 0 Å². The number of nitrogen functional groups attached to an aromatic ring is 1. The highest BCUT2D eigenvalue weighted by Crippen LogP contribution is 2.38. The number of aromatic nitrogens is 3. The zero-order chi connectivity index (χ0) is 25.4. The minimum absolute atomic E-state index is 0.317. The van der Waals surface area contributed by atoms with E-state index in [0.29, 0.717) is 18.2 Å². The standard InChI is InChI=1S/C28H35N7O/c1-18-15-26(34(4)14-13-33(2)3)21(29)16-23(18)32-28-30-12-11-22(31-28)27-20-7-5-6-8-24(20)35-17-19(36)9-10-25(27)35/h5-8,11-12,15-16,19,36H,9-10,13-14,17,29H2,1-4H3,(H,30,31,32). The lowest BCUT2D eigenvalue weighted by atomic mass is 10.0. The molecule has 188 valence electrons. The van der Waals surface area contributed by atoms with Crippen molar-refractivity contribution in [2.75, 3.05) is 50.2 Å². The molecule has 0 amide bonds. The van der Waals surface area contributed by atoms with E-state index in [1.165, 1.54) is 5.69 Å². The highest BCUT2D eigenvalue weighted by Gasteiger charge is 2.25. The van der Waals surface area contributed by atoms with Gasteiger partial charge in [0.15, 0.2) is 0 Å². The summed E-state index contributed by atoms with van der Waals surface area (Å²) in [5.41, 5.74) is 14.5. The van der Waals surface area contributed by atoms with E-state index in [4.69, 9.17) is 10.7 Å². The zero-order valence-corrected chi connectivity index (χ0v) is 21.5. The first-order chi connectivity index (χ1) is 17.3. The second kappa shape index (κ2) is 9.79. The molecule has 2 aromatic carbocycles. The molecule has 8 nitrogen and oxygen atoms in total. The van der Waals surface area contributed by atoms with E-state index < -0.39 is 0 Å². The van der Waals surface area contributed by atoms with Crippen molar-refractivity contribution in [1.82, 2.24) is 19.4 Å². The molecule has 8 heteroatoms. The molecule has 1 aliphatic heterocycles. The molecule has 0 saturated heterocycles. The molecule has 3 heterocycles. The summed E-state index contributed by atoms with van der Waals surface area (Å²) in [7, 11) is 6.20. The average molecular weight is 486 g/mol. The number of aliphatic hydroxyl groups is 1. The van der Waals surface area contributed by atoms with Crippen LogP contribution in [0.15, 0.2) is 48.7 Å². The van der Waals surface area contributed by atoms with Crippen molar-refractivity contribution in [3.05, 3.63) is 59.9 Å². The van der Waals surface area contributed by atoms with Gasteiger partial charge < -0.3 is 30.5 Å². The summed E-state index contributed by atoms with van der Waals surface area (Å²) in [6, 6.07) is 14.4. The van der Waals surface area contributed by atoms with Gasteiger partial charge in [-0.1, -0.05) is 18.2 Å². The second-order valence-corrected chi connectivity index (χ2v) is 9.98. The molecule has 1 atom stereocenters. The quantitative estimate of drug-likeness (QED) is 0.340. The third-order valence-corrected chi connectivity index (χ3v) is 7.01. The number of fused-ring (bicyclic) bond motifs is 3. The Morgan fingerprint density at radius 3 is 2.75 bits per heavy atom. The van der Waals surface area contributed by atoms with Gasteiger partial charge in [-0.15, -0.1) is 0 Å². The molecule has 1 aliphatic rings. The van der Waals surface area contributed by atoms with E-state index in [2.05, 4.69) is 77.0 Å². The van der Waals surface area contributed by atoms with E-state index in [-0.39, 0.29) is 6.10 Å². The second-order valence-electron chi connectivity index (χ2n) is 9.98. The number of anilines is 4. The largest absolute Gasteiger partial charge is 0.397 e. The van der Waals surface area contributed by atoms with Gasteiger partial charge in [-0.2, -0.15) is 0 Å². The molecule has 36 heavy (non-hydrogen) atoms. The van der Waals surface area contributed by atoms with E-state index in [0.717, 1.165) is 65.0 Å². The molecule has 4 N–H and O–H groups in total. The van der Waals surface area contributed by atoms with Gasteiger partial charge in [0.1, 0.15) is 0 Å². The van der Waals surface area contributed by atoms with Crippen molar-refractivity contribution in [3.63, 3.8) is 0 Å². The Hall–Kier alpha value is -3.62. The summed E-state index contributed by atoms with van der Waals surface area (Å²) in [6.45, 7) is 4.52. The van der Waals surface area contributed by atoms with Gasteiger partial charge >= 0.3 is 0 Å². The predicted molar refractivity (Wildman–Crippen MR) is 148 cm³/mol. The first-order valence-electron chi connectivity index (χ1n) is 12.5. The fourth-order valence-corrected chi connectivity index (χ4v) is 5.04. The van der Waals surface area contributed by atoms with Crippen LogP contribution in [-0.4, -0.2) is 64.9 Å². The Kier molecular flexibility index (Phi) is 6.55. The smallest absolute Gasteiger partial charge is 0.227 e. The summed E-state index contributed by atoms with van der Waals surface area (Å²) in [4.78, 5) is 13.8. The van der Waals surface area contributed by atoms with Crippen LogP contribution in [0.25, 0.3) is 22.2 Å². The zero-order valence-electron chi connectivity index (χ0n) is 21.5. The molecule has 0 radical (unpaired) electrons. The number of nitrogens with two attached hydrogens (primary N) is 1. The fraction of sp³-hybridized carbons (Fsp3) is 0.357. The summed E-state index contributed by atoms with van der Waals surface area (Å²) in [6.07, 6.45) is 3.05. The van der Waals surface area contributed by atoms with Crippen LogP contribution in [0.4, 0.5) is 23.0 Å². The lowest BCUT2D eigenvalue weighted by Gasteiger charge is -2.24. The Bertz CT molecular complexity index is 1390. The summed E-state index contributed by atoms with van der Waals surface area (Å²) in [5, 5.41) is 14.8. The Balaban J connectivity index is 1.47. The minimum atomic E-state index is -0.317. The Morgan fingerprint density at radius 1 is 1.14 bits per heavy atom. The summed E-state index contributed by atoms with van der Waals surface area (Å²) < 4.78 is 2.24. The van der Waals surface area contributed by atoms with Gasteiger partial charge in [-0.25, -0.2) is 9.97 Å². The number of benzene rings is 2. The number of hydrogen-bond acceptors (Lipinski definition) is 7. The van der Waals surface area contributed by atoms with Gasteiger partial charge in [-0.05, 0) is 63.7 Å². The van der Waals surface area contributed by atoms with Crippen LogP contribution in [0.3, 0.4) is 0 Å². The number of para-hydroxylation sites is 1. The highest BCUT2D eigenvalue weighted by molar-refractivity contribution is 5.97. The monoisotopic (exact) mass is 485 g/mol. The first kappa shape index (κ1) is 24.1. The molecule has 0 aliphatic carbocycles. The van der Waals surface area contributed by atoms with Crippen molar-refractivity contribution in [2.24, 2.45) is 0 Å². The van der Waals surface area contributed by atoms with Crippen molar-refractivity contribution in [1.29, 1.82) is 0 Å². The van der Waals surface area contributed by atoms with Crippen LogP contribution < -0.4 is 16.0 Å². The highest BCUT2D eigenvalue weighted by atomic mass is 16.3. The number of rotatable bonds is 7. The minimum Gasteiger partial charge on any atom is -0.397 e. The first-order valence-corrected chi connectivity index (χ1v) is 12.5. The van der Waals surface area contributed by atoms with Crippen LogP contribution in [0, 0.1) is 6.92 Å². The van der Waals surface area contributed by atoms with E-state index in [1.807, 2.05) is 18.2 Å². The predicted octanol–water partition coefficient (Wildman–Crippen LogP) is 4.04. The van der Waals surface area contributed by atoms with Crippen molar-refractivity contribution in [2.45, 2.75) is 32.4 Å². The van der Waals surface area contributed by atoms with Gasteiger partial charge in [0.25, 0.3) is 0 Å². The lowest BCUT2D eigenvalue weighted by Crippen LogP contribution is -2.29. The maximum absolute atomic E-state index is 10.3. The molecule has 0 saturated carbocycles. The van der Waals surface area contributed by atoms with Crippen LogP contribution in [0.1, 0.15) is 17.7 Å². The lowest BCUT2D eigenvalue weighted by molar-refractivity contribution is 0.133. The normalized spacial score (nSPS) is 15.3. The van der Waals surface area contributed by atoms with Crippen molar-refractivity contribution in [3.8, 4) is 11.3 Å². The van der Waals surface area contributed by atoms with Crippen LogP contribution in [0.2, 0.25) is 0 Å². The molecular formula is C28H35N7O. The Labute approximate surface area is 212 Å². The van der Waals surface area contributed by atoms with Crippen LogP contribution >= 0.6 is 0 Å². The average Bonchev–Trinajstić information content (AvgIpc) is 3.18. The number of hydrogen-bond donors (Lipinski definition) is 3. The maximum Gasteiger partial charge on any atom is 0.227 e. The molecular weight excluding hydrogens is 450 g/mol. The molecule has 0 bridgehead atoms. The van der Waals surface area contributed by atoms with Crippen molar-refractivity contribution < 1.29 is 5.11 Å². The van der Waals surface area contributed by atoms with Crippen molar-refractivity contribution >= 4 is 33.9 Å². The molecule has 4 aromatic rings. The number of aryl methyl sites for hydroxylation is 1. The third kappa shape index (κ3) is 4.62. The van der Waals surface area contributed by atoms with E-state index >= 15 is 0 Å². The molecule has 5 rings (SSSR count). The number of aliphatic hydroxyl groups excluding tert-OH is 1. The van der Waals surface area contributed by atoms with Gasteiger partial charge in [0, 0.05) is 60.7 Å². The molecule has 1 unspecified atom stereocenters. The Morgan fingerprint density at radius 2 is 1.94 bits per heavy atom. The number of likely N-dealkylation sites (N-methyl/N-ethyl adjacent to an activating group) is 2. The van der Waals surface area contributed by atoms with E-state index in [9.17, 15) is 5.11 Å². The van der Waals surface area contributed by atoms with E-state index in [1.54, 1.807) is 6.20 Å². The third-order valence-electron chi connectivity index (χ3n) is 7.01. The van der Waals surface area contributed by atoms with Crippen LogP contribution in [-0.2, 0) is 13.0 Å². The van der Waals surface area contributed by atoms with Gasteiger partial charge in [0.05, 0.1) is 23.2 Å². The molecule has 0 fully saturated rings.